The molecule has 2 aliphatic rings. The minimum atomic E-state index is 0.00432. The first kappa shape index (κ1) is 15.2. The lowest BCUT2D eigenvalue weighted by Crippen LogP contribution is -2.54. The molecule has 1 saturated carbocycles. The van der Waals surface area contributed by atoms with Crippen LogP contribution in [-0.4, -0.2) is 41.9 Å². The fourth-order valence-corrected chi connectivity index (χ4v) is 3.65. The van der Waals surface area contributed by atoms with Crippen LogP contribution in [0.2, 0.25) is 0 Å². The van der Waals surface area contributed by atoms with Gasteiger partial charge in [0, 0.05) is 17.7 Å². The molecule has 0 bridgehead atoms. The molecule has 118 valence electrons. The molecule has 3 rings (SSSR count). The molecule has 1 aliphatic heterocycles. The number of benzene rings is 1. The zero-order valence-corrected chi connectivity index (χ0v) is 13.3. The zero-order valence-electron chi connectivity index (χ0n) is 13.3. The van der Waals surface area contributed by atoms with Gasteiger partial charge in [0.2, 0.25) is 0 Å². The highest BCUT2D eigenvalue weighted by atomic mass is 16.5. The number of aryl methyl sites for hydroxylation is 1. The number of amides is 1. The molecule has 0 radical (unpaired) electrons. The molecule has 2 atom stereocenters. The molecule has 4 heteroatoms. The van der Waals surface area contributed by atoms with Crippen LogP contribution in [0.15, 0.2) is 18.2 Å². The summed E-state index contributed by atoms with van der Waals surface area (Å²) in [6, 6.07) is 5.63. The molecular formula is C18H23NO3. The van der Waals surface area contributed by atoms with Crippen molar-refractivity contribution in [3.8, 4) is 0 Å². The summed E-state index contributed by atoms with van der Waals surface area (Å²) in [5.74, 6) is 0.0346. The molecular weight excluding hydrogens is 278 g/mol. The van der Waals surface area contributed by atoms with Crippen LogP contribution >= 0.6 is 0 Å². The molecule has 2 unspecified atom stereocenters. The van der Waals surface area contributed by atoms with Gasteiger partial charge in [0.25, 0.3) is 5.91 Å². The summed E-state index contributed by atoms with van der Waals surface area (Å²) in [5.41, 5.74) is 2.17. The van der Waals surface area contributed by atoms with Crippen molar-refractivity contribution in [2.24, 2.45) is 0 Å². The highest BCUT2D eigenvalue weighted by Crippen LogP contribution is 2.29. The number of Topliss-reactive ketones (excluding diaryl/α,β-unsaturated/α-hetero) is 1. The lowest BCUT2D eigenvalue weighted by atomic mass is 9.89. The summed E-state index contributed by atoms with van der Waals surface area (Å²) in [7, 11) is 0. The Hall–Kier alpha value is -1.68. The standard InChI is InChI=1S/C18H23NO3/c1-12-7-8-14(11-15(12)13(2)20)18(21)19-9-10-22-17-6-4-3-5-16(17)19/h7-8,11,16-17H,3-6,9-10H2,1-2H3. The van der Waals surface area contributed by atoms with Gasteiger partial charge in [-0.1, -0.05) is 18.9 Å². The van der Waals surface area contributed by atoms with E-state index in [9.17, 15) is 9.59 Å². The zero-order chi connectivity index (χ0) is 15.7. The van der Waals surface area contributed by atoms with Crippen molar-refractivity contribution >= 4 is 11.7 Å². The minimum absolute atomic E-state index is 0.00432. The number of ether oxygens (including phenoxy) is 1. The summed E-state index contributed by atoms with van der Waals surface area (Å²) in [6.45, 7) is 4.70. The third-order valence-electron chi connectivity index (χ3n) is 4.86. The van der Waals surface area contributed by atoms with Gasteiger partial charge in [-0.3, -0.25) is 9.59 Å². The SMILES string of the molecule is CC(=O)c1cc(C(=O)N2CCOC3CCCCC32)ccc1C. The predicted octanol–water partition coefficient (Wildman–Crippen LogP) is 2.98. The number of fused-ring (bicyclic) bond motifs is 1. The fraction of sp³-hybridized carbons (Fsp3) is 0.556. The van der Waals surface area contributed by atoms with Crippen LogP contribution in [0.3, 0.4) is 0 Å². The Morgan fingerprint density at radius 3 is 2.77 bits per heavy atom. The third-order valence-corrected chi connectivity index (χ3v) is 4.86. The molecule has 1 saturated heterocycles. The summed E-state index contributed by atoms with van der Waals surface area (Å²) in [6.07, 6.45) is 4.58. The fourth-order valence-electron chi connectivity index (χ4n) is 3.65. The molecule has 0 aromatic heterocycles. The number of carbonyl (C=O) groups excluding carboxylic acids is 2. The van der Waals surface area contributed by atoms with Crippen LogP contribution in [0, 0.1) is 6.92 Å². The number of hydrogen-bond acceptors (Lipinski definition) is 3. The monoisotopic (exact) mass is 301 g/mol. The first-order chi connectivity index (χ1) is 10.6. The number of morpholine rings is 1. The summed E-state index contributed by atoms with van der Waals surface area (Å²) in [4.78, 5) is 26.6. The van der Waals surface area contributed by atoms with Crippen molar-refractivity contribution in [3.63, 3.8) is 0 Å². The van der Waals surface area contributed by atoms with Gasteiger partial charge in [-0.25, -0.2) is 0 Å². The maximum absolute atomic E-state index is 12.9. The number of hydrogen-bond donors (Lipinski definition) is 0. The van der Waals surface area contributed by atoms with Gasteiger partial charge in [0.05, 0.1) is 18.8 Å². The Morgan fingerprint density at radius 2 is 2.00 bits per heavy atom. The minimum Gasteiger partial charge on any atom is -0.374 e. The van der Waals surface area contributed by atoms with Crippen LogP contribution in [0.5, 0.6) is 0 Å². The second-order valence-corrected chi connectivity index (χ2v) is 6.35. The summed E-state index contributed by atoms with van der Waals surface area (Å²) >= 11 is 0. The molecule has 1 aliphatic carbocycles. The Morgan fingerprint density at radius 1 is 1.23 bits per heavy atom. The van der Waals surface area contributed by atoms with Gasteiger partial charge in [0.1, 0.15) is 0 Å². The second kappa shape index (κ2) is 6.21. The Balaban J connectivity index is 1.86. The Labute approximate surface area is 131 Å². The normalized spacial score (nSPS) is 24.7. The van der Waals surface area contributed by atoms with Gasteiger partial charge in [-0.15, -0.1) is 0 Å². The maximum atomic E-state index is 12.9. The van der Waals surface area contributed by atoms with Crippen LogP contribution in [0.25, 0.3) is 0 Å². The molecule has 1 aromatic carbocycles. The number of carbonyl (C=O) groups is 2. The predicted molar refractivity (Wildman–Crippen MR) is 84.2 cm³/mol. The number of ketones is 1. The largest absolute Gasteiger partial charge is 0.374 e. The van der Waals surface area contributed by atoms with Crippen LogP contribution in [0.1, 0.15) is 58.9 Å². The lowest BCUT2D eigenvalue weighted by Gasteiger charge is -2.43. The summed E-state index contributed by atoms with van der Waals surface area (Å²) < 4.78 is 5.83. The van der Waals surface area contributed by atoms with Gasteiger partial charge in [-0.05, 0) is 44.4 Å². The Bertz CT molecular complexity index is 594. The molecule has 0 spiro atoms. The van der Waals surface area contributed by atoms with Crippen molar-refractivity contribution in [2.75, 3.05) is 13.2 Å². The van der Waals surface area contributed by atoms with Gasteiger partial charge in [0.15, 0.2) is 5.78 Å². The van der Waals surface area contributed by atoms with Crippen molar-refractivity contribution in [1.82, 2.24) is 4.90 Å². The molecule has 1 aromatic rings. The van der Waals surface area contributed by atoms with Crippen molar-refractivity contribution in [2.45, 2.75) is 51.7 Å². The van der Waals surface area contributed by atoms with Crippen molar-refractivity contribution < 1.29 is 14.3 Å². The molecule has 1 heterocycles. The van der Waals surface area contributed by atoms with E-state index in [1.807, 2.05) is 24.0 Å². The number of rotatable bonds is 2. The lowest BCUT2D eigenvalue weighted by molar-refractivity contribution is -0.0752. The van der Waals surface area contributed by atoms with Crippen LogP contribution in [-0.2, 0) is 4.74 Å². The quantitative estimate of drug-likeness (QED) is 0.789. The average molecular weight is 301 g/mol. The topological polar surface area (TPSA) is 46.6 Å². The molecule has 2 fully saturated rings. The van der Waals surface area contributed by atoms with E-state index >= 15 is 0 Å². The van der Waals surface area contributed by atoms with Crippen LogP contribution < -0.4 is 0 Å². The first-order valence-electron chi connectivity index (χ1n) is 8.12. The van der Waals surface area contributed by atoms with Gasteiger partial charge < -0.3 is 9.64 Å². The van der Waals surface area contributed by atoms with Crippen LogP contribution in [0.4, 0.5) is 0 Å². The van der Waals surface area contributed by atoms with E-state index in [0.29, 0.717) is 24.3 Å². The van der Waals surface area contributed by atoms with E-state index in [1.54, 1.807) is 13.0 Å². The first-order valence-corrected chi connectivity index (χ1v) is 8.12. The highest BCUT2D eigenvalue weighted by Gasteiger charge is 2.37. The van der Waals surface area contributed by atoms with E-state index in [1.165, 1.54) is 6.42 Å². The maximum Gasteiger partial charge on any atom is 0.254 e. The molecule has 22 heavy (non-hydrogen) atoms. The van der Waals surface area contributed by atoms with E-state index in [4.69, 9.17) is 4.74 Å². The van der Waals surface area contributed by atoms with Gasteiger partial charge >= 0.3 is 0 Å². The van der Waals surface area contributed by atoms with Gasteiger partial charge in [-0.2, -0.15) is 0 Å². The second-order valence-electron chi connectivity index (χ2n) is 6.35. The Kier molecular flexibility index (Phi) is 4.30. The summed E-state index contributed by atoms with van der Waals surface area (Å²) in [5, 5.41) is 0. The highest BCUT2D eigenvalue weighted by molar-refractivity contribution is 6.00. The van der Waals surface area contributed by atoms with Crippen molar-refractivity contribution in [3.05, 3.63) is 34.9 Å². The molecule has 0 N–H and O–H groups in total. The van der Waals surface area contributed by atoms with E-state index < -0.39 is 0 Å². The smallest absolute Gasteiger partial charge is 0.254 e. The number of nitrogens with zero attached hydrogens (tertiary/aromatic N) is 1. The van der Waals surface area contributed by atoms with E-state index in [0.717, 1.165) is 24.8 Å². The molecule has 4 nitrogen and oxygen atoms in total. The van der Waals surface area contributed by atoms with E-state index in [-0.39, 0.29) is 23.8 Å². The average Bonchev–Trinajstić information content (AvgIpc) is 2.54. The van der Waals surface area contributed by atoms with Crippen molar-refractivity contribution in [1.29, 1.82) is 0 Å². The third kappa shape index (κ3) is 2.80. The molecule has 1 amide bonds. The van der Waals surface area contributed by atoms with E-state index in [2.05, 4.69) is 0 Å².